The Morgan fingerprint density at radius 3 is 3.03 bits per heavy atom. The van der Waals surface area contributed by atoms with Crippen molar-refractivity contribution in [2.24, 2.45) is 5.92 Å². The Morgan fingerprint density at radius 2 is 2.20 bits per heavy atom. The number of furan rings is 1. The van der Waals surface area contributed by atoms with Gasteiger partial charge in [0.15, 0.2) is 16.7 Å². The number of rotatable bonds is 5. The molecule has 0 saturated carbocycles. The zero-order chi connectivity index (χ0) is 20.3. The maximum Gasteiger partial charge on any atom is 0.231 e. The molecule has 0 aliphatic carbocycles. The van der Waals surface area contributed by atoms with E-state index in [9.17, 15) is 4.79 Å². The predicted molar refractivity (Wildman–Crippen MR) is 110 cm³/mol. The number of nitrogens with zero attached hydrogens (tertiary/aromatic N) is 7. The smallest absolute Gasteiger partial charge is 0.231 e. The van der Waals surface area contributed by atoms with E-state index in [2.05, 4.69) is 35.3 Å². The molecule has 0 bridgehead atoms. The minimum absolute atomic E-state index is 0.0365. The van der Waals surface area contributed by atoms with Crippen LogP contribution < -0.4 is 10.2 Å². The third-order valence-corrected chi connectivity index (χ3v) is 5.67. The largest absolute Gasteiger partial charge is 0.463 e. The van der Waals surface area contributed by atoms with Gasteiger partial charge < -0.3 is 14.6 Å². The summed E-state index contributed by atoms with van der Waals surface area (Å²) >= 11 is 1.38. The van der Waals surface area contributed by atoms with Crippen molar-refractivity contribution in [1.82, 2.24) is 29.7 Å². The number of piperidine rings is 1. The Labute approximate surface area is 175 Å². The van der Waals surface area contributed by atoms with Crippen LogP contribution >= 0.6 is 11.3 Å². The third-order valence-electron chi connectivity index (χ3n) is 4.92. The molecule has 0 aromatic carbocycles. The second-order valence-electron chi connectivity index (χ2n) is 6.86. The molecule has 10 nitrogen and oxygen atoms in total. The van der Waals surface area contributed by atoms with E-state index in [1.165, 1.54) is 24.0 Å². The molecule has 4 aromatic heterocycles. The molecule has 1 amide bonds. The number of nitrogens with one attached hydrogen (secondary N) is 1. The summed E-state index contributed by atoms with van der Waals surface area (Å²) in [5.41, 5.74) is 0.715. The fourth-order valence-corrected chi connectivity index (χ4v) is 4.14. The molecule has 0 spiro atoms. The lowest BCUT2D eigenvalue weighted by Crippen LogP contribution is -2.41. The highest BCUT2D eigenvalue weighted by Crippen LogP contribution is 2.27. The van der Waals surface area contributed by atoms with Crippen LogP contribution in [0.4, 0.5) is 10.9 Å². The van der Waals surface area contributed by atoms with Crippen LogP contribution in [0.15, 0.2) is 53.2 Å². The Hall–Kier alpha value is -3.60. The van der Waals surface area contributed by atoms with Crippen LogP contribution in [0.3, 0.4) is 0 Å². The number of thiazole rings is 1. The van der Waals surface area contributed by atoms with Crippen molar-refractivity contribution in [3.63, 3.8) is 0 Å². The normalized spacial score (nSPS) is 16.5. The van der Waals surface area contributed by atoms with Crippen LogP contribution in [0, 0.1) is 5.92 Å². The number of anilines is 2. The van der Waals surface area contributed by atoms with Crippen LogP contribution in [0.25, 0.3) is 17.3 Å². The first-order chi connectivity index (χ1) is 14.8. The molecule has 152 valence electrons. The van der Waals surface area contributed by atoms with Gasteiger partial charge in [0.1, 0.15) is 30.5 Å². The molecule has 1 aliphatic heterocycles. The summed E-state index contributed by atoms with van der Waals surface area (Å²) in [5, 5.41) is 9.49. The van der Waals surface area contributed by atoms with Crippen LogP contribution in [0.1, 0.15) is 12.8 Å². The van der Waals surface area contributed by atoms with Crippen LogP contribution in [-0.4, -0.2) is 48.7 Å². The molecular weight excluding hydrogens is 404 g/mol. The molecule has 0 radical (unpaired) electrons. The summed E-state index contributed by atoms with van der Waals surface area (Å²) in [6, 6.07) is 5.51. The van der Waals surface area contributed by atoms with Gasteiger partial charge in [-0.25, -0.2) is 24.6 Å². The fraction of sp³-hybridized carbons (Fsp3) is 0.263. The molecule has 11 heteroatoms. The Kier molecular flexibility index (Phi) is 4.93. The van der Waals surface area contributed by atoms with Gasteiger partial charge in [-0.1, -0.05) is 0 Å². The molecule has 5 rings (SSSR count). The first-order valence-electron chi connectivity index (χ1n) is 9.48. The highest BCUT2D eigenvalue weighted by molar-refractivity contribution is 7.14. The van der Waals surface area contributed by atoms with E-state index in [0.29, 0.717) is 28.9 Å². The Balaban J connectivity index is 1.26. The number of carbonyl (C=O) groups excluding carboxylic acids is 1. The summed E-state index contributed by atoms with van der Waals surface area (Å²) in [4.78, 5) is 32.0. The lowest BCUT2D eigenvalue weighted by Gasteiger charge is -2.32. The van der Waals surface area contributed by atoms with Crippen molar-refractivity contribution in [3.8, 4) is 17.3 Å². The lowest BCUT2D eigenvalue weighted by molar-refractivity contribution is -0.120. The molecule has 30 heavy (non-hydrogen) atoms. The van der Waals surface area contributed by atoms with Crippen molar-refractivity contribution in [1.29, 1.82) is 0 Å². The number of hydrogen-bond donors (Lipinski definition) is 1. The molecule has 1 fully saturated rings. The van der Waals surface area contributed by atoms with Crippen LogP contribution in [0.2, 0.25) is 0 Å². The molecular formula is C19H18N8O2S. The van der Waals surface area contributed by atoms with E-state index < -0.39 is 0 Å². The van der Waals surface area contributed by atoms with Crippen LogP contribution in [-0.2, 0) is 4.79 Å². The third kappa shape index (κ3) is 3.79. The molecule has 5 heterocycles. The van der Waals surface area contributed by atoms with Crippen molar-refractivity contribution in [2.75, 3.05) is 23.3 Å². The zero-order valence-electron chi connectivity index (χ0n) is 15.9. The summed E-state index contributed by atoms with van der Waals surface area (Å²) in [7, 11) is 0. The molecule has 1 unspecified atom stereocenters. The Bertz CT molecular complexity index is 1130. The zero-order valence-corrected chi connectivity index (χ0v) is 16.7. The Morgan fingerprint density at radius 1 is 1.27 bits per heavy atom. The maximum absolute atomic E-state index is 12.8. The minimum Gasteiger partial charge on any atom is -0.463 e. The first kappa shape index (κ1) is 18.4. The van der Waals surface area contributed by atoms with Gasteiger partial charge in [-0.3, -0.25) is 4.79 Å². The van der Waals surface area contributed by atoms with Crippen molar-refractivity contribution >= 4 is 28.2 Å². The summed E-state index contributed by atoms with van der Waals surface area (Å²) in [6.45, 7) is 1.41. The van der Waals surface area contributed by atoms with E-state index in [-0.39, 0.29) is 11.8 Å². The maximum atomic E-state index is 12.8. The summed E-state index contributed by atoms with van der Waals surface area (Å²) in [6.07, 6.45) is 7.87. The molecule has 1 atom stereocenters. The SMILES string of the molecule is O=C(Nc1nc(-c2ccco2)cs1)C1CCCN(c2cc(-n3cncn3)ncn2)C1. The van der Waals surface area contributed by atoms with Gasteiger partial charge in [0, 0.05) is 24.5 Å². The van der Waals surface area contributed by atoms with Gasteiger partial charge >= 0.3 is 0 Å². The number of aromatic nitrogens is 6. The molecule has 1 aliphatic rings. The van der Waals surface area contributed by atoms with Gasteiger partial charge in [-0.15, -0.1) is 11.3 Å². The van der Waals surface area contributed by atoms with Crippen molar-refractivity contribution in [3.05, 3.63) is 48.8 Å². The van der Waals surface area contributed by atoms with E-state index in [1.54, 1.807) is 17.3 Å². The minimum atomic E-state index is -0.153. The molecule has 1 N–H and O–H groups in total. The monoisotopic (exact) mass is 422 g/mol. The van der Waals surface area contributed by atoms with Crippen molar-refractivity contribution in [2.45, 2.75) is 12.8 Å². The average Bonchev–Trinajstić information content (AvgIpc) is 3.56. The van der Waals surface area contributed by atoms with Gasteiger partial charge in [-0.05, 0) is 25.0 Å². The summed E-state index contributed by atoms with van der Waals surface area (Å²) < 4.78 is 6.94. The number of amides is 1. The average molecular weight is 422 g/mol. The molecule has 4 aromatic rings. The topological polar surface area (TPSA) is 115 Å². The highest BCUT2D eigenvalue weighted by Gasteiger charge is 2.27. The number of hydrogen-bond acceptors (Lipinski definition) is 9. The number of carbonyl (C=O) groups is 1. The van der Waals surface area contributed by atoms with Gasteiger partial charge in [0.05, 0.1) is 12.2 Å². The van der Waals surface area contributed by atoms with E-state index in [4.69, 9.17) is 4.42 Å². The quantitative estimate of drug-likeness (QED) is 0.522. The predicted octanol–water partition coefficient (Wildman–Crippen LogP) is 2.63. The first-order valence-corrected chi connectivity index (χ1v) is 10.4. The fourth-order valence-electron chi connectivity index (χ4n) is 3.44. The van der Waals surface area contributed by atoms with Crippen molar-refractivity contribution < 1.29 is 9.21 Å². The second kappa shape index (κ2) is 8.03. The second-order valence-corrected chi connectivity index (χ2v) is 7.72. The van der Waals surface area contributed by atoms with Gasteiger partial charge in [0.2, 0.25) is 5.91 Å². The van der Waals surface area contributed by atoms with Gasteiger partial charge in [0.25, 0.3) is 0 Å². The lowest BCUT2D eigenvalue weighted by atomic mass is 9.97. The summed E-state index contributed by atoms with van der Waals surface area (Å²) in [5.74, 6) is 1.90. The standard InChI is InChI=1S/C19H18N8O2S/c28-18(25-19-24-14(9-30-19)15-4-2-6-29-15)13-3-1-5-26(8-13)16-7-17(22-11-21-16)27-12-20-10-23-27/h2,4,6-7,9-13H,1,3,5,8H2,(H,24,25,28). The van der Waals surface area contributed by atoms with E-state index >= 15 is 0 Å². The van der Waals surface area contributed by atoms with E-state index in [0.717, 1.165) is 25.2 Å². The van der Waals surface area contributed by atoms with E-state index in [1.807, 2.05) is 23.6 Å². The van der Waals surface area contributed by atoms with Gasteiger partial charge in [-0.2, -0.15) is 5.10 Å². The van der Waals surface area contributed by atoms with Crippen LogP contribution in [0.5, 0.6) is 0 Å². The highest BCUT2D eigenvalue weighted by atomic mass is 32.1. The molecule has 1 saturated heterocycles.